The minimum Gasteiger partial charge on any atom is -0.381 e. The van der Waals surface area contributed by atoms with Gasteiger partial charge in [0.15, 0.2) is 0 Å². The van der Waals surface area contributed by atoms with E-state index < -0.39 is 0 Å². The Morgan fingerprint density at radius 3 is 2.83 bits per heavy atom. The highest BCUT2D eigenvalue weighted by molar-refractivity contribution is 5.81. The Balaban J connectivity index is 1.78. The summed E-state index contributed by atoms with van der Waals surface area (Å²) in [5, 5.41) is 0. The first-order valence-electron chi connectivity index (χ1n) is 6.68. The molecule has 1 heterocycles. The van der Waals surface area contributed by atoms with Crippen LogP contribution in [0.3, 0.4) is 0 Å². The fourth-order valence-electron chi connectivity index (χ4n) is 2.36. The summed E-state index contributed by atoms with van der Waals surface area (Å²) in [6.07, 6.45) is 3.25. The molecule has 0 saturated carbocycles. The molecule has 1 saturated heterocycles. The molecular weight excluding hydrogens is 226 g/mol. The Morgan fingerprint density at radius 1 is 1.39 bits per heavy atom. The van der Waals surface area contributed by atoms with Crippen molar-refractivity contribution >= 4 is 5.78 Å². The van der Waals surface area contributed by atoms with E-state index in [-0.39, 0.29) is 12.0 Å². The first-order valence-corrected chi connectivity index (χ1v) is 6.68. The van der Waals surface area contributed by atoms with Gasteiger partial charge in [-0.1, -0.05) is 30.3 Å². The summed E-state index contributed by atoms with van der Waals surface area (Å²) in [4.78, 5) is 12.0. The molecule has 0 aromatic heterocycles. The maximum atomic E-state index is 12.0. The van der Waals surface area contributed by atoms with Crippen molar-refractivity contribution in [2.45, 2.75) is 31.7 Å². The molecule has 2 N–H and O–H groups in total. The van der Waals surface area contributed by atoms with Gasteiger partial charge in [0.25, 0.3) is 0 Å². The van der Waals surface area contributed by atoms with E-state index in [1.54, 1.807) is 0 Å². The lowest BCUT2D eigenvalue weighted by Crippen LogP contribution is -2.26. The highest BCUT2D eigenvalue weighted by Crippen LogP contribution is 2.20. The minimum atomic E-state index is -0.0420. The molecule has 1 fully saturated rings. The molecule has 2 unspecified atom stereocenters. The minimum absolute atomic E-state index is 0.0420. The Hall–Kier alpha value is -1.19. The zero-order chi connectivity index (χ0) is 12.8. The van der Waals surface area contributed by atoms with Gasteiger partial charge in [-0.25, -0.2) is 0 Å². The number of ketones is 1. The number of benzene rings is 1. The Labute approximate surface area is 108 Å². The van der Waals surface area contributed by atoms with Crippen LogP contribution < -0.4 is 5.73 Å². The van der Waals surface area contributed by atoms with E-state index in [4.69, 9.17) is 10.5 Å². The fourth-order valence-corrected chi connectivity index (χ4v) is 2.36. The van der Waals surface area contributed by atoms with Crippen LogP contribution in [0.5, 0.6) is 0 Å². The maximum Gasteiger partial charge on any atom is 0.138 e. The van der Waals surface area contributed by atoms with Crippen molar-refractivity contribution in [1.82, 2.24) is 0 Å². The third-order valence-corrected chi connectivity index (χ3v) is 3.55. The van der Waals surface area contributed by atoms with Gasteiger partial charge in [0.2, 0.25) is 0 Å². The molecule has 2 rings (SSSR count). The Kier molecular flexibility index (Phi) is 4.90. The lowest BCUT2D eigenvalue weighted by atomic mass is 9.92. The zero-order valence-corrected chi connectivity index (χ0v) is 10.7. The van der Waals surface area contributed by atoms with Crippen LogP contribution in [0.2, 0.25) is 0 Å². The van der Waals surface area contributed by atoms with Gasteiger partial charge in [-0.15, -0.1) is 0 Å². The number of rotatable bonds is 5. The standard InChI is InChI=1S/C15H21NO2/c16-14(12-5-2-1-3-6-12)8-9-15(17)13-7-4-10-18-11-13/h1-3,5-6,13-14H,4,7-11,16H2. The predicted octanol–water partition coefficient (Wildman–Crippen LogP) is 2.46. The van der Waals surface area contributed by atoms with E-state index in [1.807, 2.05) is 30.3 Å². The van der Waals surface area contributed by atoms with Crippen LogP contribution in [-0.4, -0.2) is 19.0 Å². The molecule has 0 spiro atoms. The molecule has 0 bridgehead atoms. The quantitative estimate of drug-likeness (QED) is 0.869. The molecule has 0 amide bonds. The number of carbonyl (C=O) groups excluding carboxylic acids is 1. The summed E-state index contributed by atoms with van der Waals surface area (Å²) in [6.45, 7) is 1.40. The first-order chi connectivity index (χ1) is 8.77. The van der Waals surface area contributed by atoms with Crippen LogP contribution in [-0.2, 0) is 9.53 Å². The molecule has 98 valence electrons. The van der Waals surface area contributed by atoms with Gasteiger partial charge in [-0.2, -0.15) is 0 Å². The van der Waals surface area contributed by atoms with Crippen molar-refractivity contribution in [3.8, 4) is 0 Å². The second kappa shape index (κ2) is 6.66. The molecule has 3 heteroatoms. The van der Waals surface area contributed by atoms with Crippen molar-refractivity contribution in [1.29, 1.82) is 0 Å². The fraction of sp³-hybridized carbons (Fsp3) is 0.533. The van der Waals surface area contributed by atoms with Crippen molar-refractivity contribution in [3.63, 3.8) is 0 Å². The van der Waals surface area contributed by atoms with E-state index in [9.17, 15) is 4.79 Å². The maximum absolute atomic E-state index is 12.0. The molecule has 1 aliphatic heterocycles. The van der Waals surface area contributed by atoms with Crippen LogP contribution >= 0.6 is 0 Å². The SMILES string of the molecule is NC(CCC(=O)C1CCCOC1)c1ccccc1. The van der Waals surface area contributed by atoms with Crippen molar-refractivity contribution in [3.05, 3.63) is 35.9 Å². The average molecular weight is 247 g/mol. The van der Waals surface area contributed by atoms with Gasteiger partial charge in [-0.3, -0.25) is 4.79 Å². The van der Waals surface area contributed by atoms with Crippen molar-refractivity contribution in [2.75, 3.05) is 13.2 Å². The molecule has 2 atom stereocenters. The summed E-state index contributed by atoms with van der Waals surface area (Å²) in [5.74, 6) is 0.405. The van der Waals surface area contributed by atoms with Crippen LogP contribution in [0.25, 0.3) is 0 Å². The Bertz CT molecular complexity index is 371. The monoisotopic (exact) mass is 247 g/mol. The van der Waals surface area contributed by atoms with Gasteiger partial charge >= 0.3 is 0 Å². The van der Waals surface area contributed by atoms with Gasteiger partial charge in [0.1, 0.15) is 5.78 Å². The number of hydrogen-bond donors (Lipinski definition) is 1. The first kappa shape index (κ1) is 13.2. The summed E-state index contributed by atoms with van der Waals surface area (Å²) in [5.41, 5.74) is 7.19. The van der Waals surface area contributed by atoms with Crippen molar-refractivity contribution < 1.29 is 9.53 Å². The third-order valence-electron chi connectivity index (χ3n) is 3.55. The normalized spacial score (nSPS) is 21.5. The van der Waals surface area contributed by atoms with Crippen LogP contribution in [0.15, 0.2) is 30.3 Å². The molecule has 0 radical (unpaired) electrons. The van der Waals surface area contributed by atoms with E-state index in [0.717, 1.165) is 31.4 Å². The molecule has 0 aliphatic carbocycles. The summed E-state index contributed by atoms with van der Waals surface area (Å²) in [7, 11) is 0. The smallest absolute Gasteiger partial charge is 0.138 e. The Morgan fingerprint density at radius 2 is 2.17 bits per heavy atom. The van der Waals surface area contributed by atoms with E-state index >= 15 is 0 Å². The van der Waals surface area contributed by atoms with E-state index in [2.05, 4.69) is 0 Å². The van der Waals surface area contributed by atoms with Gasteiger partial charge in [0, 0.05) is 25.0 Å². The van der Waals surface area contributed by atoms with Gasteiger partial charge in [-0.05, 0) is 24.8 Å². The molecule has 1 aromatic carbocycles. The molecular formula is C15H21NO2. The molecule has 3 nitrogen and oxygen atoms in total. The average Bonchev–Trinajstić information content (AvgIpc) is 2.46. The number of carbonyl (C=O) groups is 1. The lowest BCUT2D eigenvalue weighted by molar-refractivity contribution is -0.126. The highest BCUT2D eigenvalue weighted by Gasteiger charge is 2.21. The third kappa shape index (κ3) is 3.65. The van der Waals surface area contributed by atoms with E-state index in [1.165, 1.54) is 0 Å². The van der Waals surface area contributed by atoms with Gasteiger partial charge < -0.3 is 10.5 Å². The topological polar surface area (TPSA) is 52.3 Å². The van der Waals surface area contributed by atoms with Crippen LogP contribution in [0.1, 0.15) is 37.3 Å². The highest BCUT2D eigenvalue weighted by atomic mass is 16.5. The second-order valence-corrected chi connectivity index (χ2v) is 4.94. The van der Waals surface area contributed by atoms with E-state index in [0.29, 0.717) is 18.8 Å². The summed E-state index contributed by atoms with van der Waals surface area (Å²) >= 11 is 0. The second-order valence-electron chi connectivity index (χ2n) is 4.94. The summed E-state index contributed by atoms with van der Waals surface area (Å²) in [6, 6.07) is 9.91. The number of hydrogen-bond acceptors (Lipinski definition) is 3. The number of Topliss-reactive ketones (excluding diaryl/α,β-unsaturated/α-hetero) is 1. The van der Waals surface area contributed by atoms with Crippen molar-refractivity contribution in [2.24, 2.45) is 11.7 Å². The number of nitrogens with two attached hydrogens (primary N) is 1. The molecule has 1 aliphatic rings. The molecule has 1 aromatic rings. The van der Waals surface area contributed by atoms with Gasteiger partial charge in [0.05, 0.1) is 6.61 Å². The largest absolute Gasteiger partial charge is 0.381 e. The zero-order valence-electron chi connectivity index (χ0n) is 10.7. The van der Waals surface area contributed by atoms with Crippen LogP contribution in [0.4, 0.5) is 0 Å². The lowest BCUT2D eigenvalue weighted by Gasteiger charge is -2.21. The predicted molar refractivity (Wildman–Crippen MR) is 71.2 cm³/mol. The molecule has 18 heavy (non-hydrogen) atoms. The van der Waals surface area contributed by atoms with Crippen LogP contribution in [0, 0.1) is 5.92 Å². The summed E-state index contributed by atoms with van der Waals surface area (Å²) < 4.78 is 5.34. The number of ether oxygens (including phenoxy) is 1.